The second-order valence-electron chi connectivity index (χ2n) is 4.84. The number of rotatable bonds is 4. The van der Waals surface area contributed by atoms with Crippen molar-refractivity contribution in [3.8, 4) is 5.75 Å². The molecule has 0 fully saturated rings. The molecule has 1 heterocycles. The van der Waals surface area contributed by atoms with Crippen molar-refractivity contribution in [2.45, 2.75) is 0 Å². The van der Waals surface area contributed by atoms with Crippen LogP contribution in [0.5, 0.6) is 5.75 Å². The topological polar surface area (TPSA) is 129 Å². The predicted molar refractivity (Wildman–Crippen MR) is 91.6 cm³/mol. The molecule has 3 rings (SSSR count). The van der Waals surface area contributed by atoms with Gasteiger partial charge in [0, 0.05) is 17.4 Å². The van der Waals surface area contributed by atoms with Crippen molar-refractivity contribution in [2.75, 3.05) is 16.4 Å². The van der Waals surface area contributed by atoms with Gasteiger partial charge in [-0.3, -0.25) is 4.79 Å². The number of nitrogen functional groups attached to an aromatic ring is 1. The van der Waals surface area contributed by atoms with Gasteiger partial charge in [0.15, 0.2) is 0 Å². The molecule has 3 aromatic rings. The number of amides is 1. The Morgan fingerprint density at radius 1 is 1.21 bits per heavy atom. The van der Waals surface area contributed by atoms with Crippen LogP contribution in [0.25, 0.3) is 0 Å². The van der Waals surface area contributed by atoms with Crippen LogP contribution >= 0.6 is 11.6 Å². The van der Waals surface area contributed by atoms with Crippen LogP contribution in [0.2, 0.25) is 5.02 Å². The number of phenolic OH excluding ortho intramolecular Hbond substituents is 1. The summed E-state index contributed by atoms with van der Waals surface area (Å²) in [5.74, 6) is -0.435. The fourth-order valence-electron chi connectivity index (χ4n) is 2.06. The van der Waals surface area contributed by atoms with Crippen LogP contribution in [-0.2, 0) is 0 Å². The molecule has 1 amide bonds. The summed E-state index contributed by atoms with van der Waals surface area (Å²) in [6.45, 7) is 0. The fraction of sp³-hybridized carbons (Fsp3) is 0. The van der Waals surface area contributed by atoms with E-state index in [1.807, 2.05) is 6.07 Å². The van der Waals surface area contributed by atoms with E-state index in [9.17, 15) is 9.90 Å². The molecule has 0 aliphatic rings. The van der Waals surface area contributed by atoms with Gasteiger partial charge in [-0.25, -0.2) is 5.10 Å². The lowest BCUT2D eigenvalue weighted by atomic mass is 10.1. The fourth-order valence-corrected chi connectivity index (χ4v) is 2.36. The van der Waals surface area contributed by atoms with Crippen molar-refractivity contribution in [1.29, 1.82) is 0 Å². The van der Waals surface area contributed by atoms with Gasteiger partial charge in [-0.05, 0) is 18.2 Å². The monoisotopic (exact) mass is 344 g/mol. The summed E-state index contributed by atoms with van der Waals surface area (Å²) in [5.41, 5.74) is 6.41. The first-order valence-corrected chi connectivity index (χ1v) is 7.24. The number of anilines is 4. The number of aromatic hydroxyl groups is 1. The van der Waals surface area contributed by atoms with Gasteiger partial charge in [-0.1, -0.05) is 29.8 Å². The summed E-state index contributed by atoms with van der Waals surface area (Å²) in [6.07, 6.45) is 0. The van der Waals surface area contributed by atoms with Crippen molar-refractivity contribution in [2.24, 2.45) is 0 Å². The van der Waals surface area contributed by atoms with Gasteiger partial charge in [0.1, 0.15) is 11.3 Å². The van der Waals surface area contributed by atoms with E-state index in [-0.39, 0.29) is 28.2 Å². The summed E-state index contributed by atoms with van der Waals surface area (Å²) >= 11 is 6.13. The molecule has 0 saturated carbocycles. The zero-order chi connectivity index (χ0) is 17.1. The highest BCUT2D eigenvalue weighted by molar-refractivity contribution is 6.35. The number of hydrogen-bond donors (Lipinski definition) is 5. The number of carbonyl (C=O) groups is 1. The molecule has 122 valence electrons. The molecule has 6 N–H and O–H groups in total. The van der Waals surface area contributed by atoms with Gasteiger partial charge in [-0.2, -0.15) is 4.98 Å². The Balaban J connectivity index is 1.83. The average molecular weight is 345 g/mol. The Morgan fingerprint density at radius 2 is 1.96 bits per heavy atom. The second kappa shape index (κ2) is 6.47. The maximum atomic E-state index is 12.3. The number of nitrogens with one attached hydrogen (secondary N) is 3. The average Bonchev–Trinajstić information content (AvgIpc) is 2.92. The summed E-state index contributed by atoms with van der Waals surface area (Å²) in [6, 6.07) is 11.7. The molecule has 0 bridgehead atoms. The van der Waals surface area contributed by atoms with Gasteiger partial charge >= 0.3 is 0 Å². The molecule has 0 radical (unpaired) electrons. The summed E-state index contributed by atoms with van der Waals surface area (Å²) in [4.78, 5) is 16.2. The quantitative estimate of drug-likeness (QED) is 0.495. The third-order valence-electron chi connectivity index (χ3n) is 3.09. The van der Waals surface area contributed by atoms with Gasteiger partial charge in [0.05, 0.1) is 5.02 Å². The second-order valence-corrected chi connectivity index (χ2v) is 5.25. The van der Waals surface area contributed by atoms with Gasteiger partial charge in [0.25, 0.3) is 5.91 Å². The smallest absolute Gasteiger partial charge is 0.260 e. The normalized spacial score (nSPS) is 10.4. The van der Waals surface area contributed by atoms with Gasteiger partial charge < -0.3 is 21.5 Å². The minimum Gasteiger partial charge on any atom is -0.507 e. The number of aromatic amines is 1. The van der Waals surface area contributed by atoms with Gasteiger partial charge in [-0.15, -0.1) is 5.10 Å². The maximum absolute atomic E-state index is 12.3. The molecule has 0 aliphatic heterocycles. The van der Waals surface area contributed by atoms with E-state index in [4.69, 9.17) is 17.3 Å². The minimum absolute atomic E-state index is 0.0272. The van der Waals surface area contributed by atoms with E-state index in [1.54, 1.807) is 24.3 Å². The third-order valence-corrected chi connectivity index (χ3v) is 3.39. The van der Waals surface area contributed by atoms with E-state index in [1.165, 1.54) is 12.1 Å². The Labute approximate surface area is 141 Å². The molecule has 0 saturated heterocycles. The zero-order valence-corrected chi connectivity index (χ0v) is 13.0. The predicted octanol–water partition coefficient (Wildman–Crippen LogP) is 2.74. The lowest BCUT2D eigenvalue weighted by molar-refractivity contribution is 0.102. The van der Waals surface area contributed by atoms with E-state index in [0.29, 0.717) is 11.4 Å². The van der Waals surface area contributed by atoms with E-state index >= 15 is 0 Å². The highest BCUT2D eigenvalue weighted by Gasteiger charge is 2.17. The molecule has 0 atom stereocenters. The molecule has 1 aromatic heterocycles. The Bertz CT molecular complexity index is 858. The molecule has 8 nitrogen and oxygen atoms in total. The standard InChI is InChI=1S/C15H13ClN6O2/c16-10-6-9(19-15-20-14(17)21-22-15)7-11(23)12(10)13(24)18-8-4-2-1-3-5-8/h1-7,23H,(H,18,24)(H4,17,19,20,21,22). The molecule has 0 unspecified atom stereocenters. The van der Waals surface area contributed by atoms with Crippen LogP contribution in [0.3, 0.4) is 0 Å². The van der Waals surface area contributed by atoms with Crippen molar-refractivity contribution >= 4 is 40.8 Å². The number of benzene rings is 2. The number of halogens is 1. The number of H-pyrrole nitrogens is 1. The number of nitrogens with two attached hydrogens (primary N) is 1. The summed E-state index contributed by atoms with van der Waals surface area (Å²) in [7, 11) is 0. The van der Waals surface area contributed by atoms with Crippen LogP contribution in [0.15, 0.2) is 42.5 Å². The minimum atomic E-state index is -0.516. The number of para-hydroxylation sites is 1. The van der Waals surface area contributed by atoms with Crippen molar-refractivity contribution < 1.29 is 9.90 Å². The Hall–Kier alpha value is -3.26. The molecule has 24 heavy (non-hydrogen) atoms. The molecule has 9 heteroatoms. The first-order chi connectivity index (χ1) is 11.5. The van der Waals surface area contributed by atoms with Crippen LogP contribution in [-0.4, -0.2) is 26.2 Å². The molecule has 0 spiro atoms. The van der Waals surface area contributed by atoms with Crippen LogP contribution in [0, 0.1) is 0 Å². The van der Waals surface area contributed by atoms with Crippen LogP contribution in [0.1, 0.15) is 10.4 Å². The SMILES string of the molecule is Nc1nc(Nc2cc(O)c(C(=O)Nc3ccccc3)c(Cl)c2)n[nH]1. The number of carbonyl (C=O) groups excluding carboxylic acids is 1. The van der Waals surface area contributed by atoms with Crippen molar-refractivity contribution in [3.05, 3.63) is 53.1 Å². The van der Waals surface area contributed by atoms with E-state index in [2.05, 4.69) is 25.8 Å². The maximum Gasteiger partial charge on any atom is 0.260 e. The number of phenols is 1. The van der Waals surface area contributed by atoms with E-state index < -0.39 is 5.91 Å². The summed E-state index contributed by atoms with van der Waals surface area (Å²) in [5, 5.41) is 22.0. The lowest BCUT2D eigenvalue weighted by Crippen LogP contribution is -2.13. The van der Waals surface area contributed by atoms with E-state index in [0.717, 1.165) is 0 Å². The third kappa shape index (κ3) is 3.39. The summed E-state index contributed by atoms with van der Waals surface area (Å²) < 4.78 is 0. The molecular weight excluding hydrogens is 332 g/mol. The van der Waals surface area contributed by atoms with Crippen molar-refractivity contribution in [3.63, 3.8) is 0 Å². The number of hydrogen-bond acceptors (Lipinski definition) is 6. The van der Waals surface area contributed by atoms with Crippen LogP contribution in [0.4, 0.5) is 23.3 Å². The molecular formula is C15H13ClN6O2. The Kier molecular flexibility index (Phi) is 4.21. The number of nitrogens with zero attached hydrogens (tertiary/aromatic N) is 2. The molecule has 2 aromatic carbocycles. The van der Waals surface area contributed by atoms with Gasteiger partial charge in [0.2, 0.25) is 11.9 Å². The first-order valence-electron chi connectivity index (χ1n) is 6.87. The Morgan fingerprint density at radius 3 is 2.58 bits per heavy atom. The largest absolute Gasteiger partial charge is 0.507 e. The highest BCUT2D eigenvalue weighted by Crippen LogP contribution is 2.31. The zero-order valence-electron chi connectivity index (χ0n) is 12.2. The first kappa shape index (κ1) is 15.6. The van der Waals surface area contributed by atoms with Crippen molar-refractivity contribution in [1.82, 2.24) is 15.2 Å². The number of aromatic nitrogens is 3. The lowest BCUT2D eigenvalue weighted by Gasteiger charge is -2.11. The molecule has 0 aliphatic carbocycles. The highest BCUT2D eigenvalue weighted by atomic mass is 35.5. The van der Waals surface area contributed by atoms with Crippen LogP contribution < -0.4 is 16.4 Å².